The lowest BCUT2D eigenvalue weighted by Gasteiger charge is -2.48. The quantitative estimate of drug-likeness (QED) is 0.528. The normalized spacial score (nSPS) is 34.0. The van der Waals surface area contributed by atoms with Crippen LogP contribution in [0.3, 0.4) is 0 Å². The van der Waals surface area contributed by atoms with Crippen LogP contribution in [0.5, 0.6) is 0 Å². The first-order chi connectivity index (χ1) is 9.49. The number of ketones is 1. The number of hydrogen-bond acceptors (Lipinski definition) is 2. The van der Waals surface area contributed by atoms with Gasteiger partial charge in [-0.25, -0.2) is 0 Å². The lowest BCUT2D eigenvalue weighted by atomic mass is 9.72. The van der Waals surface area contributed by atoms with Crippen LogP contribution < -0.4 is 0 Å². The van der Waals surface area contributed by atoms with Crippen molar-refractivity contribution in [3.05, 3.63) is 0 Å². The van der Waals surface area contributed by atoms with Gasteiger partial charge in [0, 0.05) is 14.9 Å². The summed E-state index contributed by atoms with van der Waals surface area (Å²) in [5.74, 6) is 0.890. The number of carbonyl (C=O) groups excluding carboxylic acids is 1. The average Bonchev–Trinajstić information content (AvgIpc) is 2.47. The molecule has 2 bridgehead atoms. The summed E-state index contributed by atoms with van der Waals surface area (Å²) in [6.45, 7) is 8.54. The largest absolute Gasteiger partial charge is 0.367 e. The third-order valence-corrected chi connectivity index (χ3v) is 8.20. The molecule has 3 heteroatoms. The van der Waals surface area contributed by atoms with Crippen molar-refractivity contribution >= 4 is 15.3 Å². The smallest absolute Gasteiger partial charge is 0.167 e. The Bertz CT molecular complexity index is 340. The Hall–Kier alpha value is -0.153. The van der Waals surface area contributed by atoms with Crippen LogP contribution in [0.1, 0.15) is 66.2 Å². The summed E-state index contributed by atoms with van der Waals surface area (Å²) >= 11 is 0. The van der Waals surface area contributed by atoms with Gasteiger partial charge in [-0.1, -0.05) is 46.6 Å². The Kier molecular flexibility index (Phi) is 5.47. The molecule has 0 aromatic rings. The van der Waals surface area contributed by atoms with E-state index in [1.165, 1.54) is 38.1 Å². The third kappa shape index (κ3) is 3.36. The number of hydrogen-bond donors (Lipinski definition) is 0. The molecule has 2 saturated heterocycles. The topological polar surface area (TPSA) is 26.3 Å². The number of Topliss-reactive ketones (excluding diaryl/α,β-unsaturated/α-hetero) is 1. The summed E-state index contributed by atoms with van der Waals surface area (Å²) in [7, 11) is 0.00362. The van der Waals surface area contributed by atoms with Crippen molar-refractivity contribution in [3.63, 3.8) is 0 Å². The average molecular weight is 297 g/mol. The van der Waals surface area contributed by atoms with Gasteiger partial charge < -0.3 is 4.74 Å². The molecule has 2 aliphatic heterocycles. The lowest BCUT2D eigenvalue weighted by molar-refractivity contribution is -0.166. The van der Waals surface area contributed by atoms with E-state index >= 15 is 0 Å². The molecule has 0 radical (unpaired) electrons. The Morgan fingerprint density at radius 3 is 2.60 bits per heavy atom. The van der Waals surface area contributed by atoms with Gasteiger partial charge in [0.05, 0.1) is 6.10 Å². The molecule has 4 atom stereocenters. The highest BCUT2D eigenvalue weighted by Gasteiger charge is 2.47. The minimum Gasteiger partial charge on any atom is -0.367 e. The first-order valence-corrected chi connectivity index (χ1v) is 10.5. The molecule has 2 nitrogen and oxygen atoms in total. The van der Waals surface area contributed by atoms with Crippen molar-refractivity contribution in [1.82, 2.24) is 0 Å². The molecule has 3 rings (SSSR count). The second kappa shape index (κ2) is 6.74. The highest BCUT2D eigenvalue weighted by Crippen LogP contribution is 2.46. The molecule has 4 unspecified atom stereocenters. The fourth-order valence-electron chi connectivity index (χ4n) is 3.82. The van der Waals surface area contributed by atoms with Crippen molar-refractivity contribution in [1.29, 1.82) is 0 Å². The Balaban J connectivity index is 1.94. The minimum absolute atomic E-state index is 0.00362. The van der Waals surface area contributed by atoms with E-state index in [2.05, 4.69) is 27.7 Å². The molecule has 3 aliphatic rings. The zero-order valence-electron chi connectivity index (χ0n) is 13.8. The van der Waals surface area contributed by atoms with E-state index in [9.17, 15) is 4.79 Å². The summed E-state index contributed by atoms with van der Waals surface area (Å²) in [6.07, 6.45) is 7.69. The van der Waals surface area contributed by atoms with Gasteiger partial charge in [0.1, 0.15) is 6.10 Å². The highest BCUT2D eigenvalue weighted by molar-refractivity contribution is 6.37. The van der Waals surface area contributed by atoms with Gasteiger partial charge in [-0.2, -0.15) is 0 Å². The summed E-state index contributed by atoms with van der Waals surface area (Å²) in [5.41, 5.74) is 0.645. The molecule has 116 valence electrons. The van der Waals surface area contributed by atoms with Gasteiger partial charge in [0.15, 0.2) is 5.78 Å². The number of rotatable bonds is 7. The van der Waals surface area contributed by atoms with Crippen molar-refractivity contribution in [3.8, 4) is 0 Å². The van der Waals surface area contributed by atoms with Crippen LogP contribution in [0.25, 0.3) is 0 Å². The zero-order valence-corrected chi connectivity index (χ0v) is 15.2. The Morgan fingerprint density at radius 2 is 2.05 bits per heavy atom. The Labute approximate surface area is 126 Å². The second-order valence-electron chi connectivity index (χ2n) is 7.53. The standard InChI is InChI=1S/C17H32O2Si/c1-5-7-10-20-14-11-12-8-9-13(14)19-15(12)16(18)17(3,4)6-2/h12-15H,5-11,20H2,1-4H3. The van der Waals surface area contributed by atoms with Crippen molar-refractivity contribution in [2.24, 2.45) is 11.3 Å². The number of fused-ring (bicyclic) bond motifs is 3. The summed E-state index contributed by atoms with van der Waals surface area (Å²) in [4.78, 5) is 12.7. The third-order valence-electron chi connectivity index (χ3n) is 5.69. The number of carbonyl (C=O) groups is 1. The Morgan fingerprint density at radius 1 is 1.30 bits per heavy atom. The SMILES string of the molecule is CCCC[SiH2]C1CC2CCC1OC2C(=O)C(C)(C)CC. The van der Waals surface area contributed by atoms with Crippen LogP contribution in [-0.4, -0.2) is 27.5 Å². The van der Waals surface area contributed by atoms with Gasteiger partial charge in [-0.05, 0) is 37.1 Å². The molecule has 2 heterocycles. The summed E-state index contributed by atoms with van der Waals surface area (Å²) in [6, 6.07) is 1.47. The number of unbranched alkanes of at least 4 members (excludes halogenated alkanes) is 1. The van der Waals surface area contributed by atoms with Crippen molar-refractivity contribution < 1.29 is 9.53 Å². The maximum atomic E-state index is 12.7. The van der Waals surface area contributed by atoms with E-state index in [0.717, 1.165) is 12.0 Å². The minimum atomic E-state index is -0.211. The van der Waals surface area contributed by atoms with Gasteiger partial charge in [0.2, 0.25) is 0 Å². The molecule has 1 saturated carbocycles. The molecule has 0 N–H and O–H groups in total. The first-order valence-electron chi connectivity index (χ1n) is 8.69. The van der Waals surface area contributed by atoms with E-state index in [1.54, 1.807) is 0 Å². The van der Waals surface area contributed by atoms with E-state index in [1.807, 2.05) is 0 Å². The highest BCUT2D eigenvalue weighted by atomic mass is 28.2. The van der Waals surface area contributed by atoms with Gasteiger partial charge in [0.25, 0.3) is 0 Å². The molecule has 0 amide bonds. The lowest BCUT2D eigenvalue weighted by Crippen LogP contribution is -2.52. The van der Waals surface area contributed by atoms with E-state index in [4.69, 9.17) is 4.74 Å². The molecule has 0 aromatic carbocycles. The monoisotopic (exact) mass is 296 g/mol. The van der Waals surface area contributed by atoms with Crippen LogP contribution in [-0.2, 0) is 9.53 Å². The predicted molar refractivity (Wildman–Crippen MR) is 87.1 cm³/mol. The molecule has 0 aromatic heterocycles. The molecule has 1 aliphatic carbocycles. The van der Waals surface area contributed by atoms with Crippen LogP contribution >= 0.6 is 0 Å². The fraction of sp³-hybridized carbons (Fsp3) is 0.941. The summed E-state index contributed by atoms with van der Waals surface area (Å²) < 4.78 is 6.26. The van der Waals surface area contributed by atoms with E-state index in [-0.39, 0.29) is 21.0 Å². The predicted octanol–water partition coefficient (Wildman–Crippen LogP) is 3.73. The summed E-state index contributed by atoms with van der Waals surface area (Å²) in [5, 5.41) is 0. The van der Waals surface area contributed by atoms with Gasteiger partial charge in [-0.15, -0.1) is 0 Å². The van der Waals surface area contributed by atoms with Gasteiger partial charge in [-0.3, -0.25) is 4.79 Å². The molecular weight excluding hydrogens is 264 g/mol. The van der Waals surface area contributed by atoms with Crippen LogP contribution in [0.4, 0.5) is 0 Å². The maximum absolute atomic E-state index is 12.7. The van der Waals surface area contributed by atoms with Crippen molar-refractivity contribution in [2.45, 2.75) is 90.0 Å². The zero-order chi connectivity index (χ0) is 14.8. The fourth-order valence-corrected chi connectivity index (χ4v) is 6.52. The van der Waals surface area contributed by atoms with E-state index < -0.39 is 0 Å². The van der Waals surface area contributed by atoms with Gasteiger partial charge >= 0.3 is 0 Å². The van der Waals surface area contributed by atoms with Crippen LogP contribution in [0.15, 0.2) is 0 Å². The molecule has 0 spiro atoms. The van der Waals surface area contributed by atoms with Crippen LogP contribution in [0, 0.1) is 11.3 Å². The van der Waals surface area contributed by atoms with Crippen molar-refractivity contribution in [2.75, 3.05) is 0 Å². The second-order valence-corrected chi connectivity index (χ2v) is 9.86. The molecular formula is C17H32O2Si. The van der Waals surface area contributed by atoms with Crippen LogP contribution in [0.2, 0.25) is 11.6 Å². The molecule has 20 heavy (non-hydrogen) atoms. The number of ether oxygens (including phenoxy) is 1. The first kappa shape index (κ1) is 16.2. The molecule has 3 fully saturated rings. The van der Waals surface area contributed by atoms with E-state index in [0.29, 0.717) is 17.8 Å². The maximum Gasteiger partial charge on any atom is 0.167 e.